The van der Waals surface area contributed by atoms with Crippen LogP contribution in [0.5, 0.6) is 0 Å². The van der Waals surface area contributed by atoms with E-state index < -0.39 is 18.0 Å². The number of hydrogen-bond acceptors (Lipinski definition) is 3. The summed E-state index contributed by atoms with van der Waals surface area (Å²) >= 11 is 0. The molecule has 1 aliphatic rings. The van der Waals surface area contributed by atoms with Gasteiger partial charge in [0.05, 0.1) is 12.1 Å². The highest BCUT2D eigenvalue weighted by Gasteiger charge is 2.33. The molecule has 0 saturated heterocycles. The van der Waals surface area contributed by atoms with Gasteiger partial charge in [-0.2, -0.15) is 13.2 Å². The maximum atomic E-state index is 12.6. The van der Waals surface area contributed by atoms with Crippen LogP contribution in [-0.2, 0) is 6.18 Å². The first-order valence-electron chi connectivity index (χ1n) is 6.35. The Kier molecular flexibility index (Phi) is 3.99. The van der Waals surface area contributed by atoms with Crippen LogP contribution in [0.3, 0.4) is 0 Å². The van der Waals surface area contributed by atoms with Gasteiger partial charge >= 0.3 is 6.18 Å². The van der Waals surface area contributed by atoms with Gasteiger partial charge in [-0.15, -0.1) is 0 Å². The molecule has 0 aliphatic heterocycles. The highest BCUT2D eigenvalue weighted by Crippen LogP contribution is 2.30. The van der Waals surface area contributed by atoms with Crippen molar-refractivity contribution in [2.24, 2.45) is 0 Å². The van der Waals surface area contributed by atoms with E-state index in [1.54, 1.807) is 11.9 Å². The smallest absolute Gasteiger partial charge is 0.391 e. The number of pyridine rings is 1. The molecule has 1 aromatic rings. The van der Waals surface area contributed by atoms with Crippen LogP contribution in [0.4, 0.5) is 19.0 Å². The summed E-state index contributed by atoms with van der Waals surface area (Å²) in [5, 5.41) is 9.94. The van der Waals surface area contributed by atoms with Gasteiger partial charge in [0, 0.05) is 7.05 Å². The summed E-state index contributed by atoms with van der Waals surface area (Å²) in [4.78, 5) is 5.30. The summed E-state index contributed by atoms with van der Waals surface area (Å²) < 4.78 is 37.9. The minimum atomic E-state index is -4.44. The van der Waals surface area contributed by atoms with Gasteiger partial charge in [-0.25, -0.2) is 4.98 Å². The number of rotatable bonds is 2. The zero-order valence-electron chi connectivity index (χ0n) is 10.7. The average Bonchev–Trinajstić information content (AvgIpc) is 2.38. The molecule has 0 radical (unpaired) electrons. The lowest BCUT2D eigenvalue weighted by Gasteiger charge is -2.36. The first-order chi connectivity index (χ1) is 8.89. The van der Waals surface area contributed by atoms with Crippen LogP contribution in [0, 0.1) is 0 Å². The van der Waals surface area contributed by atoms with Crippen molar-refractivity contribution in [1.82, 2.24) is 4.98 Å². The van der Waals surface area contributed by atoms with Crippen LogP contribution in [0.1, 0.15) is 31.4 Å². The molecule has 1 aliphatic carbocycles. The Morgan fingerprint density at radius 2 is 1.95 bits per heavy atom. The van der Waals surface area contributed by atoms with Gasteiger partial charge in [-0.1, -0.05) is 18.9 Å². The first-order valence-corrected chi connectivity index (χ1v) is 6.35. The number of alkyl halides is 3. The van der Waals surface area contributed by atoms with Gasteiger partial charge < -0.3 is 10.0 Å². The van der Waals surface area contributed by atoms with E-state index in [0.717, 1.165) is 25.3 Å². The van der Waals surface area contributed by atoms with E-state index >= 15 is 0 Å². The third-order valence-corrected chi connectivity index (χ3v) is 3.58. The molecule has 0 amide bonds. The van der Waals surface area contributed by atoms with Crippen LogP contribution in [-0.4, -0.2) is 29.3 Å². The summed E-state index contributed by atoms with van der Waals surface area (Å²) in [5.74, 6) is 0.251. The molecule has 0 aromatic carbocycles. The van der Waals surface area contributed by atoms with Gasteiger partial charge in [-0.3, -0.25) is 0 Å². The lowest BCUT2D eigenvalue weighted by molar-refractivity contribution is -0.141. The van der Waals surface area contributed by atoms with Crippen molar-refractivity contribution < 1.29 is 18.3 Å². The predicted molar refractivity (Wildman–Crippen MR) is 65.9 cm³/mol. The molecule has 1 aromatic heterocycles. The molecule has 0 bridgehead atoms. The van der Waals surface area contributed by atoms with Crippen molar-refractivity contribution in [2.45, 2.75) is 44.0 Å². The van der Waals surface area contributed by atoms with Gasteiger partial charge in [0.15, 0.2) is 0 Å². The van der Waals surface area contributed by atoms with E-state index in [0.29, 0.717) is 6.42 Å². The minimum Gasteiger partial charge on any atom is -0.391 e. The number of anilines is 1. The normalized spacial score (nSPS) is 24.3. The Morgan fingerprint density at radius 1 is 1.26 bits per heavy atom. The predicted octanol–water partition coefficient (Wildman–Crippen LogP) is 2.84. The lowest BCUT2D eigenvalue weighted by Crippen LogP contribution is -2.43. The Bertz CT molecular complexity index is 436. The number of halogens is 3. The second kappa shape index (κ2) is 5.36. The van der Waals surface area contributed by atoms with E-state index in [1.807, 2.05) is 0 Å². The molecule has 2 rings (SSSR count). The van der Waals surface area contributed by atoms with E-state index in [-0.39, 0.29) is 11.9 Å². The minimum absolute atomic E-state index is 0.162. The fraction of sp³-hybridized carbons (Fsp3) is 0.615. The number of likely N-dealkylation sites (N-methyl/N-ethyl adjacent to an activating group) is 1. The van der Waals surface area contributed by atoms with Gasteiger partial charge in [0.1, 0.15) is 11.5 Å². The van der Waals surface area contributed by atoms with Crippen molar-refractivity contribution >= 4 is 5.82 Å². The molecule has 2 atom stereocenters. The molecular formula is C13H17F3N2O. The van der Waals surface area contributed by atoms with E-state index in [2.05, 4.69) is 4.98 Å². The standard InChI is InChI=1S/C13H17F3N2O/c1-18(9-5-2-3-6-10(9)19)12-8-4-7-11(17-12)13(14,15)16/h4,7-10,19H,2-3,5-6H2,1H3. The van der Waals surface area contributed by atoms with Crippen molar-refractivity contribution in [3.05, 3.63) is 23.9 Å². The summed E-state index contributed by atoms with van der Waals surface area (Å²) in [5.41, 5.74) is -0.901. The molecule has 2 unspecified atom stereocenters. The summed E-state index contributed by atoms with van der Waals surface area (Å²) in [6.07, 6.45) is -1.55. The van der Waals surface area contributed by atoms with Gasteiger partial charge in [-0.05, 0) is 25.0 Å². The van der Waals surface area contributed by atoms with Crippen molar-refractivity contribution in [3.8, 4) is 0 Å². The van der Waals surface area contributed by atoms with Crippen LogP contribution in [0.15, 0.2) is 18.2 Å². The van der Waals surface area contributed by atoms with Crippen LogP contribution >= 0.6 is 0 Å². The lowest BCUT2D eigenvalue weighted by atomic mass is 9.91. The Labute approximate surface area is 110 Å². The van der Waals surface area contributed by atoms with E-state index in [9.17, 15) is 18.3 Å². The molecule has 1 N–H and O–H groups in total. The zero-order valence-corrected chi connectivity index (χ0v) is 10.7. The SMILES string of the molecule is CN(c1cccc(C(F)(F)F)n1)C1CCCCC1O. The molecule has 6 heteroatoms. The maximum Gasteiger partial charge on any atom is 0.433 e. The van der Waals surface area contributed by atoms with Gasteiger partial charge in [0.25, 0.3) is 0 Å². The third-order valence-electron chi connectivity index (χ3n) is 3.58. The van der Waals surface area contributed by atoms with Crippen molar-refractivity contribution in [3.63, 3.8) is 0 Å². The number of aromatic nitrogens is 1. The fourth-order valence-corrected chi connectivity index (χ4v) is 2.49. The number of aliphatic hydroxyl groups is 1. The van der Waals surface area contributed by atoms with Crippen molar-refractivity contribution in [1.29, 1.82) is 0 Å². The second-order valence-corrected chi connectivity index (χ2v) is 4.91. The van der Waals surface area contributed by atoms with Crippen LogP contribution in [0.25, 0.3) is 0 Å². The largest absolute Gasteiger partial charge is 0.433 e. The quantitative estimate of drug-likeness (QED) is 0.901. The zero-order chi connectivity index (χ0) is 14.0. The number of hydrogen-bond donors (Lipinski definition) is 1. The number of nitrogens with zero attached hydrogens (tertiary/aromatic N) is 2. The van der Waals surface area contributed by atoms with Crippen molar-refractivity contribution in [2.75, 3.05) is 11.9 Å². The maximum absolute atomic E-state index is 12.6. The Hall–Kier alpha value is -1.30. The second-order valence-electron chi connectivity index (χ2n) is 4.91. The molecule has 0 spiro atoms. The van der Waals surface area contributed by atoms with E-state index in [4.69, 9.17) is 0 Å². The number of aliphatic hydroxyl groups excluding tert-OH is 1. The summed E-state index contributed by atoms with van der Waals surface area (Å²) in [6, 6.07) is 3.67. The van der Waals surface area contributed by atoms with Crippen LogP contribution < -0.4 is 4.90 Å². The summed E-state index contributed by atoms with van der Waals surface area (Å²) in [7, 11) is 1.68. The highest BCUT2D eigenvalue weighted by atomic mass is 19.4. The van der Waals surface area contributed by atoms with Crippen LogP contribution in [0.2, 0.25) is 0 Å². The highest BCUT2D eigenvalue weighted by molar-refractivity contribution is 5.40. The summed E-state index contributed by atoms with van der Waals surface area (Å²) in [6.45, 7) is 0. The molecule has 3 nitrogen and oxygen atoms in total. The molecule has 106 valence electrons. The third kappa shape index (κ3) is 3.18. The Balaban J connectivity index is 2.21. The molecule has 1 fully saturated rings. The molecule has 1 saturated carbocycles. The molecular weight excluding hydrogens is 257 g/mol. The topological polar surface area (TPSA) is 36.4 Å². The Morgan fingerprint density at radius 3 is 2.58 bits per heavy atom. The fourth-order valence-electron chi connectivity index (χ4n) is 2.49. The molecule has 19 heavy (non-hydrogen) atoms. The monoisotopic (exact) mass is 274 g/mol. The first kappa shape index (κ1) is 14.1. The van der Waals surface area contributed by atoms with E-state index in [1.165, 1.54) is 12.1 Å². The van der Waals surface area contributed by atoms with Gasteiger partial charge in [0.2, 0.25) is 0 Å². The average molecular weight is 274 g/mol. The molecule has 1 heterocycles.